The highest BCUT2D eigenvalue weighted by atomic mass is 32.2. The Labute approximate surface area is 192 Å². The number of unbranched alkanes of at least 4 members (excludes halogenated alkanes) is 4. The van der Waals surface area contributed by atoms with Gasteiger partial charge < -0.3 is 10.0 Å². The Morgan fingerprint density at radius 3 is 2.39 bits per heavy atom. The monoisotopic (exact) mass is 443 g/mol. The molecule has 0 aromatic heterocycles. The van der Waals surface area contributed by atoms with Crippen LogP contribution in [0.5, 0.6) is 0 Å². The average molecular weight is 444 g/mol. The van der Waals surface area contributed by atoms with Crippen molar-refractivity contribution in [3.8, 4) is 0 Å². The fraction of sp³-hybridized carbons (Fsp3) is 0.593. The normalized spacial score (nSPS) is 25.5. The fourth-order valence-electron chi connectivity index (χ4n) is 5.48. The maximum absolute atomic E-state index is 11.2. The van der Waals surface area contributed by atoms with Crippen LogP contribution in [0.3, 0.4) is 0 Å². The molecule has 1 aromatic rings. The number of carbonyl (C=O) groups is 1. The van der Waals surface area contributed by atoms with E-state index >= 15 is 0 Å². The van der Waals surface area contributed by atoms with Crippen LogP contribution in [0.1, 0.15) is 75.8 Å². The van der Waals surface area contributed by atoms with Gasteiger partial charge in [0.2, 0.25) is 0 Å². The number of carboxylic acid groups (broad SMARTS) is 1. The first-order valence-electron chi connectivity index (χ1n) is 12.2. The number of rotatable bonds is 12. The largest absolute Gasteiger partial charge is 0.477 e. The highest BCUT2D eigenvalue weighted by Gasteiger charge is 2.29. The molecule has 1 aliphatic carbocycles. The summed E-state index contributed by atoms with van der Waals surface area (Å²) < 4.78 is 0. The first kappa shape index (κ1) is 24.1. The van der Waals surface area contributed by atoms with E-state index in [1.807, 2.05) is 6.08 Å². The number of hydrogen-bond acceptors (Lipinski definition) is 2. The van der Waals surface area contributed by atoms with Crippen LogP contribution in [-0.4, -0.2) is 35.8 Å². The highest BCUT2D eigenvalue weighted by molar-refractivity contribution is 8.23. The zero-order chi connectivity index (χ0) is 22.1. The van der Waals surface area contributed by atoms with Crippen molar-refractivity contribution in [2.75, 3.05) is 19.8 Å². The number of allylic oxidation sites excluding steroid dienone is 2. The van der Waals surface area contributed by atoms with Gasteiger partial charge in [-0.05, 0) is 68.0 Å². The van der Waals surface area contributed by atoms with E-state index < -0.39 is 16.9 Å². The highest BCUT2D eigenvalue weighted by Crippen LogP contribution is 2.42. The van der Waals surface area contributed by atoms with Crippen LogP contribution >= 0.6 is 10.9 Å². The molecule has 0 amide bonds. The molecule has 2 unspecified atom stereocenters. The summed E-state index contributed by atoms with van der Waals surface area (Å²) in [7, 11) is 3.92. The van der Waals surface area contributed by atoms with Crippen molar-refractivity contribution in [2.45, 2.75) is 70.3 Å². The van der Waals surface area contributed by atoms with E-state index in [1.165, 1.54) is 63.4 Å². The van der Waals surface area contributed by atoms with Crippen LogP contribution in [-0.2, 0) is 4.79 Å². The van der Waals surface area contributed by atoms with E-state index in [0.29, 0.717) is 10.9 Å². The van der Waals surface area contributed by atoms with E-state index in [1.54, 1.807) is 6.08 Å². The summed E-state index contributed by atoms with van der Waals surface area (Å²) in [6.07, 6.45) is 17.0. The van der Waals surface area contributed by atoms with Crippen molar-refractivity contribution in [1.82, 2.24) is 4.90 Å². The Bertz CT molecular complexity index is 735. The Hall–Kier alpha value is -1.52. The van der Waals surface area contributed by atoms with Crippen LogP contribution < -0.4 is 0 Å². The topological polar surface area (TPSA) is 40.5 Å². The Morgan fingerprint density at radius 2 is 1.71 bits per heavy atom. The van der Waals surface area contributed by atoms with Crippen molar-refractivity contribution in [3.63, 3.8) is 0 Å². The maximum Gasteiger partial charge on any atom is 0.340 e. The van der Waals surface area contributed by atoms with Crippen molar-refractivity contribution < 1.29 is 9.90 Å². The van der Waals surface area contributed by atoms with E-state index in [0.717, 1.165) is 24.0 Å². The number of benzene rings is 1. The summed E-state index contributed by atoms with van der Waals surface area (Å²) in [5, 5.41) is 11.3. The standard InChI is InChI=1S/C27H41NO2S/c1-28(2)26(23-13-8-6-9-14-23)24-18-16-22(17-19-24)12-7-4-3-5-10-20-31-21-11-15-25(31)27(29)30/h6,8-9,11,13-15,21-22,24,26,31H,3-5,7,10,12,16-20H2,1-2H3,(H,29,30). The van der Waals surface area contributed by atoms with Gasteiger partial charge in [0.05, 0.1) is 4.91 Å². The second-order valence-corrected chi connectivity index (χ2v) is 11.7. The Balaban J connectivity index is 1.27. The van der Waals surface area contributed by atoms with Crippen LogP contribution in [0.15, 0.2) is 52.8 Å². The molecular formula is C27H41NO2S. The van der Waals surface area contributed by atoms with Crippen molar-refractivity contribution in [3.05, 3.63) is 58.4 Å². The van der Waals surface area contributed by atoms with Crippen molar-refractivity contribution in [2.24, 2.45) is 11.8 Å². The molecule has 3 nitrogen and oxygen atoms in total. The summed E-state index contributed by atoms with van der Waals surface area (Å²) in [5.41, 5.74) is 1.47. The summed E-state index contributed by atoms with van der Waals surface area (Å²) in [4.78, 5) is 14.3. The van der Waals surface area contributed by atoms with Gasteiger partial charge in [0.1, 0.15) is 0 Å². The van der Waals surface area contributed by atoms with Gasteiger partial charge in [0.25, 0.3) is 0 Å². The quantitative estimate of drug-likeness (QED) is 0.272. The third-order valence-corrected chi connectivity index (χ3v) is 9.38. The minimum absolute atomic E-state index is 0.537. The van der Waals surface area contributed by atoms with E-state index in [-0.39, 0.29) is 0 Å². The van der Waals surface area contributed by atoms with Crippen LogP contribution in [0, 0.1) is 11.8 Å². The minimum atomic E-state index is -0.730. The summed E-state index contributed by atoms with van der Waals surface area (Å²) in [6, 6.07) is 11.6. The maximum atomic E-state index is 11.2. The molecule has 0 saturated heterocycles. The fourth-order valence-corrected chi connectivity index (χ4v) is 7.42. The molecule has 0 radical (unpaired) electrons. The predicted molar refractivity (Wildman–Crippen MR) is 135 cm³/mol. The first-order chi connectivity index (χ1) is 15.1. The molecule has 0 spiro atoms. The number of aliphatic carboxylic acids is 1. The zero-order valence-corrected chi connectivity index (χ0v) is 20.3. The van der Waals surface area contributed by atoms with Crippen LogP contribution in [0.25, 0.3) is 0 Å². The molecule has 3 rings (SSSR count). The third-order valence-electron chi connectivity index (χ3n) is 7.10. The lowest BCUT2D eigenvalue weighted by atomic mass is 9.75. The second kappa shape index (κ2) is 12.5. The van der Waals surface area contributed by atoms with Gasteiger partial charge >= 0.3 is 5.97 Å². The third kappa shape index (κ3) is 7.25. The Kier molecular flexibility index (Phi) is 9.73. The SMILES string of the molecule is CN(C)C(c1ccccc1)C1CCC(CCCCCCC[SH]2C=CC=C2C(=O)O)CC1. The molecule has 0 bridgehead atoms. The predicted octanol–water partition coefficient (Wildman–Crippen LogP) is 6.93. The molecule has 1 fully saturated rings. The molecule has 31 heavy (non-hydrogen) atoms. The van der Waals surface area contributed by atoms with Gasteiger partial charge in [-0.1, -0.05) is 81.4 Å². The number of carboxylic acids is 1. The molecule has 1 aromatic carbocycles. The second-order valence-electron chi connectivity index (χ2n) is 9.55. The molecule has 172 valence electrons. The smallest absolute Gasteiger partial charge is 0.340 e. The minimum Gasteiger partial charge on any atom is -0.477 e. The molecule has 2 aliphatic rings. The molecule has 1 N–H and O–H groups in total. The van der Waals surface area contributed by atoms with E-state index in [4.69, 9.17) is 0 Å². The van der Waals surface area contributed by atoms with Gasteiger partial charge in [0, 0.05) is 6.04 Å². The average Bonchev–Trinajstić information content (AvgIpc) is 3.24. The number of thiol groups is 1. The zero-order valence-electron chi connectivity index (χ0n) is 19.4. The first-order valence-corrected chi connectivity index (χ1v) is 13.8. The molecule has 1 heterocycles. The van der Waals surface area contributed by atoms with Crippen molar-refractivity contribution >= 4 is 16.9 Å². The van der Waals surface area contributed by atoms with Gasteiger partial charge in [-0.3, -0.25) is 0 Å². The van der Waals surface area contributed by atoms with Crippen LogP contribution in [0.4, 0.5) is 0 Å². The molecular weight excluding hydrogens is 402 g/mol. The van der Waals surface area contributed by atoms with Crippen LogP contribution in [0.2, 0.25) is 0 Å². The number of nitrogens with zero attached hydrogens (tertiary/aromatic N) is 1. The van der Waals surface area contributed by atoms with E-state index in [9.17, 15) is 9.90 Å². The Morgan fingerprint density at radius 1 is 1.03 bits per heavy atom. The molecule has 1 aliphatic heterocycles. The van der Waals surface area contributed by atoms with Crippen molar-refractivity contribution in [1.29, 1.82) is 0 Å². The lowest BCUT2D eigenvalue weighted by Crippen LogP contribution is -2.30. The van der Waals surface area contributed by atoms with Gasteiger partial charge in [-0.2, -0.15) is 10.9 Å². The lowest BCUT2D eigenvalue weighted by Gasteiger charge is -2.37. The molecule has 1 saturated carbocycles. The molecule has 2 atom stereocenters. The summed E-state index contributed by atoms with van der Waals surface area (Å²) >= 11 is 0. The lowest BCUT2D eigenvalue weighted by molar-refractivity contribution is -0.131. The van der Waals surface area contributed by atoms with Gasteiger partial charge in [-0.15, -0.1) is 0 Å². The summed E-state index contributed by atoms with van der Waals surface area (Å²) in [5.74, 6) is 2.02. The van der Waals surface area contributed by atoms with Gasteiger partial charge in [0.15, 0.2) is 0 Å². The van der Waals surface area contributed by atoms with Gasteiger partial charge in [-0.25, -0.2) is 4.79 Å². The number of hydrogen-bond donors (Lipinski definition) is 2. The summed E-state index contributed by atoms with van der Waals surface area (Å²) in [6.45, 7) is 0. The van der Waals surface area contributed by atoms with E-state index in [2.05, 4.69) is 54.7 Å². The molecule has 4 heteroatoms.